The second-order valence-electron chi connectivity index (χ2n) is 5.31. The van der Waals surface area contributed by atoms with Crippen LogP contribution in [-0.4, -0.2) is 52.9 Å². The zero-order valence-electron chi connectivity index (χ0n) is 10.9. The maximum absolute atomic E-state index is 12.8. The van der Waals surface area contributed by atoms with E-state index in [-0.39, 0.29) is 5.91 Å². The van der Waals surface area contributed by atoms with Crippen LogP contribution in [0, 0.1) is 5.95 Å². The minimum absolute atomic E-state index is 0.0299. The Morgan fingerprint density at radius 1 is 1.26 bits per heavy atom. The summed E-state index contributed by atoms with van der Waals surface area (Å²) in [6.07, 6.45) is 5.02. The van der Waals surface area contributed by atoms with E-state index in [4.69, 9.17) is 0 Å². The molecular weight excluding hydrogens is 245 g/mol. The van der Waals surface area contributed by atoms with E-state index in [0.717, 1.165) is 26.2 Å². The zero-order valence-corrected chi connectivity index (χ0v) is 10.9. The highest BCUT2D eigenvalue weighted by molar-refractivity contribution is 5.94. The van der Waals surface area contributed by atoms with Gasteiger partial charge in [0.1, 0.15) is 0 Å². The van der Waals surface area contributed by atoms with Gasteiger partial charge < -0.3 is 4.90 Å². The van der Waals surface area contributed by atoms with Crippen LogP contribution in [0.15, 0.2) is 18.3 Å². The Bertz CT molecular complexity index is 462. The number of halogens is 1. The van der Waals surface area contributed by atoms with E-state index >= 15 is 0 Å². The number of hydrogen-bond donors (Lipinski definition) is 0. The van der Waals surface area contributed by atoms with E-state index in [9.17, 15) is 9.18 Å². The normalized spacial score (nSPS) is 24.1. The Labute approximate surface area is 112 Å². The lowest BCUT2D eigenvalue weighted by Crippen LogP contribution is -2.56. The molecule has 2 fully saturated rings. The predicted molar refractivity (Wildman–Crippen MR) is 69.3 cm³/mol. The Morgan fingerprint density at radius 3 is 2.95 bits per heavy atom. The fourth-order valence-electron chi connectivity index (χ4n) is 3.03. The molecule has 5 heteroatoms. The van der Waals surface area contributed by atoms with Crippen LogP contribution in [0.5, 0.6) is 0 Å². The average molecular weight is 263 g/mol. The van der Waals surface area contributed by atoms with Crippen molar-refractivity contribution >= 4 is 5.91 Å². The van der Waals surface area contributed by atoms with Crippen molar-refractivity contribution in [3.63, 3.8) is 0 Å². The van der Waals surface area contributed by atoms with Crippen LogP contribution in [0.2, 0.25) is 0 Å². The summed E-state index contributed by atoms with van der Waals surface area (Å²) < 4.78 is 12.8. The summed E-state index contributed by atoms with van der Waals surface area (Å²) in [5.41, 5.74) is 0.477. The molecule has 2 aliphatic heterocycles. The van der Waals surface area contributed by atoms with Crippen LogP contribution in [0.25, 0.3) is 0 Å². The van der Waals surface area contributed by atoms with Crippen molar-refractivity contribution in [2.45, 2.75) is 25.3 Å². The average Bonchev–Trinajstić information content (AvgIpc) is 2.47. The molecule has 3 rings (SSSR count). The van der Waals surface area contributed by atoms with E-state index in [1.54, 1.807) is 0 Å². The van der Waals surface area contributed by atoms with Gasteiger partial charge in [-0.2, -0.15) is 4.39 Å². The van der Waals surface area contributed by atoms with E-state index in [2.05, 4.69) is 9.88 Å². The van der Waals surface area contributed by atoms with Gasteiger partial charge in [-0.3, -0.25) is 9.69 Å². The van der Waals surface area contributed by atoms with Crippen LogP contribution >= 0.6 is 0 Å². The fraction of sp³-hybridized carbons (Fsp3) is 0.571. The van der Waals surface area contributed by atoms with Gasteiger partial charge >= 0.3 is 0 Å². The summed E-state index contributed by atoms with van der Waals surface area (Å²) in [4.78, 5) is 20.2. The molecule has 4 nitrogen and oxygen atoms in total. The van der Waals surface area contributed by atoms with Crippen molar-refractivity contribution in [3.05, 3.63) is 29.8 Å². The molecule has 0 radical (unpaired) electrons. The van der Waals surface area contributed by atoms with Crippen molar-refractivity contribution in [1.29, 1.82) is 0 Å². The number of carbonyl (C=O) groups is 1. The first kappa shape index (κ1) is 12.5. The van der Waals surface area contributed by atoms with Gasteiger partial charge in [0.15, 0.2) is 0 Å². The maximum atomic E-state index is 12.8. The highest BCUT2D eigenvalue weighted by Gasteiger charge is 2.31. The van der Waals surface area contributed by atoms with Crippen LogP contribution in [0.3, 0.4) is 0 Å². The molecule has 0 N–H and O–H groups in total. The lowest BCUT2D eigenvalue weighted by Gasteiger charge is -2.44. The number of carbonyl (C=O) groups excluding carboxylic acids is 1. The maximum Gasteiger partial charge on any atom is 0.255 e. The molecule has 102 valence electrons. The lowest BCUT2D eigenvalue weighted by atomic mass is 9.99. The number of hydrogen-bond acceptors (Lipinski definition) is 3. The SMILES string of the molecule is O=C(c1ccc(F)nc1)N1CCN2CCCC[C@H]2C1. The molecule has 0 aromatic carbocycles. The first-order valence-electron chi connectivity index (χ1n) is 6.89. The van der Waals surface area contributed by atoms with Crippen molar-refractivity contribution < 1.29 is 9.18 Å². The summed E-state index contributed by atoms with van der Waals surface area (Å²) in [6.45, 7) is 3.65. The molecule has 2 saturated heterocycles. The van der Waals surface area contributed by atoms with Gasteiger partial charge in [0, 0.05) is 31.9 Å². The zero-order chi connectivity index (χ0) is 13.2. The summed E-state index contributed by atoms with van der Waals surface area (Å²) in [6, 6.07) is 3.25. The fourth-order valence-corrected chi connectivity index (χ4v) is 3.03. The van der Waals surface area contributed by atoms with Gasteiger partial charge in [0.25, 0.3) is 5.91 Å². The number of pyridine rings is 1. The van der Waals surface area contributed by atoms with E-state index in [0.29, 0.717) is 11.6 Å². The molecule has 1 atom stereocenters. The van der Waals surface area contributed by atoms with E-state index in [1.165, 1.54) is 37.6 Å². The van der Waals surface area contributed by atoms with Crippen LogP contribution in [-0.2, 0) is 0 Å². The van der Waals surface area contributed by atoms with Gasteiger partial charge in [-0.05, 0) is 31.5 Å². The van der Waals surface area contributed by atoms with Crippen LogP contribution < -0.4 is 0 Å². The van der Waals surface area contributed by atoms with Crippen molar-refractivity contribution in [2.75, 3.05) is 26.2 Å². The molecule has 0 spiro atoms. The number of fused-ring (bicyclic) bond motifs is 1. The minimum atomic E-state index is -0.548. The summed E-state index contributed by atoms with van der Waals surface area (Å²) in [7, 11) is 0. The second kappa shape index (κ2) is 5.25. The topological polar surface area (TPSA) is 36.4 Å². The molecule has 3 heterocycles. The predicted octanol–water partition coefficient (Wildman–Crippen LogP) is 1.53. The van der Waals surface area contributed by atoms with Gasteiger partial charge in [0.2, 0.25) is 5.95 Å². The molecular formula is C14H18FN3O. The molecule has 1 amide bonds. The molecule has 1 aromatic heterocycles. The quantitative estimate of drug-likeness (QED) is 0.721. The van der Waals surface area contributed by atoms with E-state index < -0.39 is 5.95 Å². The molecule has 0 unspecified atom stereocenters. The number of aromatic nitrogens is 1. The smallest absolute Gasteiger partial charge is 0.255 e. The molecule has 0 saturated carbocycles. The number of piperazine rings is 1. The van der Waals surface area contributed by atoms with Crippen LogP contribution in [0.4, 0.5) is 4.39 Å². The van der Waals surface area contributed by atoms with Gasteiger partial charge in [-0.15, -0.1) is 0 Å². The van der Waals surface area contributed by atoms with Crippen molar-refractivity contribution in [3.8, 4) is 0 Å². The first-order valence-corrected chi connectivity index (χ1v) is 6.89. The highest BCUT2D eigenvalue weighted by atomic mass is 19.1. The van der Waals surface area contributed by atoms with Crippen LogP contribution in [0.1, 0.15) is 29.6 Å². The Balaban J connectivity index is 1.69. The Kier molecular flexibility index (Phi) is 3.46. The van der Waals surface area contributed by atoms with Gasteiger partial charge in [-0.1, -0.05) is 6.42 Å². The highest BCUT2D eigenvalue weighted by Crippen LogP contribution is 2.22. The summed E-state index contributed by atoms with van der Waals surface area (Å²) in [5.74, 6) is -0.577. The van der Waals surface area contributed by atoms with Crippen molar-refractivity contribution in [2.24, 2.45) is 0 Å². The molecule has 0 aliphatic carbocycles. The van der Waals surface area contributed by atoms with Gasteiger partial charge in [-0.25, -0.2) is 4.98 Å². The minimum Gasteiger partial charge on any atom is -0.336 e. The summed E-state index contributed by atoms with van der Waals surface area (Å²) >= 11 is 0. The Hall–Kier alpha value is -1.49. The summed E-state index contributed by atoms with van der Waals surface area (Å²) in [5, 5.41) is 0. The third-order valence-corrected chi connectivity index (χ3v) is 4.10. The molecule has 19 heavy (non-hydrogen) atoms. The number of amides is 1. The van der Waals surface area contributed by atoms with E-state index in [1.807, 2.05) is 4.90 Å². The third kappa shape index (κ3) is 2.61. The molecule has 0 bridgehead atoms. The Morgan fingerprint density at radius 2 is 2.16 bits per heavy atom. The third-order valence-electron chi connectivity index (χ3n) is 4.10. The number of rotatable bonds is 1. The second-order valence-corrected chi connectivity index (χ2v) is 5.31. The standard InChI is InChI=1S/C14H18FN3O/c15-13-5-4-11(9-16-13)14(19)18-8-7-17-6-2-1-3-12(17)10-18/h4-5,9,12H,1-3,6-8,10H2/t12-/m0/s1. The number of nitrogens with zero attached hydrogens (tertiary/aromatic N) is 3. The molecule has 2 aliphatic rings. The monoisotopic (exact) mass is 263 g/mol. The first-order chi connectivity index (χ1) is 9.24. The lowest BCUT2D eigenvalue weighted by molar-refractivity contribution is 0.0372. The van der Waals surface area contributed by atoms with Crippen molar-refractivity contribution in [1.82, 2.24) is 14.8 Å². The number of piperidine rings is 1. The largest absolute Gasteiger partial charge is 0.336 e. The molecule has 1 aromatic rings. The van der Waals surface area contributed by atoms with Gasteiger partial charge in [0.05, 0.1) is 5.56 Å².